The number of barbiturate groups is 1. The Balaban J connectivity index is 1.76. The van der Waals surface area contributed by atoms with E-state index in [1.807, 2.05) is 31.2 Å². The number of para-hydroxylation sites is 1. The molecular formula is C24H21N3O6. The van der Waals surface area contributed by atoms with E-state index >= 15 is 0 Å². The summed E-state index contributed by atoms with van der Waals surface area (Å²) in [6.45, 7) is 2.21. The molecule has 3 aromatic rings. The first-order valence-corrected chi connectivity index (χ1v) is 10.2. The summed E-state index contributed by atoms with van der Waals surface area (Å²) >= 11 is 0. The number of aromatic nitrogens is 1. The molecule has 0 unspecified atom stereocenters. The smallest absolute Gasteiger partial charge is 0.335 e. The molecule has 9 nitrogen and oxygen atoms in total. The molecule has 1 aromatic heterocycles. The number of nitrogens with zero attached hydrogens (tertiary/aromatic N) is 2. The molecule has 1 aliphatic heterocycles. The predicted octanol–water partition coefficient (Wildman–Crippen LogP) is 2.88. The normalized spacial score (nSPS) is 15.2. The maximum atomic E-state index is 13.2. The zero-order chi connectivity index (χ0) is 23.5. The summed E-state index contributed by atoms with van der Waals surface area (Å²) < 4.78 is 11.9. The first-order chi connectivity index (χ1) is 15.9. The van der Waals surface area contributed by atoms with Gasteiger partial charge in [-0.3, -0.25) is 19.7 Å². The summed E-state index contributed by atoms with van der Waals surface area (Å²) in [5.41, 5.74) is 1.34. The quantitative estimate of drug-likeness (QED) is 0.354. The zero-order valence-corrected chi connectivity index (χ0v) is 18.0. The molecule has 4 amide bonds. The molecular weight excluding hydrogens is 426 g/mol. The summed E-state index contributed by atoms with van der Waals surface area (Å²) in [7, 11) is 1.30. The van der Waals surface area contributed by atoms with Crippen molar-refractivity contribution >= 4 is 46.5 Å². The first-order valence-electron chi connectivity index (χ1n) is 10.2. The van der Waals surface area contributed by atoms with E-state index in [0.717, 1.165) is 15.8 Å². The van der Waals surface area contributed by atoms with E-state index in [1.165, 1.54) is 13.2 Å². The van der Waals surface area contributed by atoms with Crippen LogP contribution in [0.1, 0.15) is 12.5 Å². The van der Waals surface area contributed by atoms with Crippen molar-refractivity contribution in [3.05, 3.63) is 65.9 Å². The molecule has 0 radical (unpaired) electrons. The van der Waals surface area contributed by atoms with E-state index in [2.05, 4.69) is 5.32 Å². The van der Waals surface area contributed by atoms with Gasteiger partial charge in [-0.25, -0.2) is 9.69 Å². The van der Waals surface area contributed by atoms with Crippen LogP contribution in [0.5, 0.6) is 5.75 Å². The number of ether oxygens (including phenoxy) is 2. The summed E-state index contributed by atoms with van der Waals surface area (Å²) in [6.07, 6.45) is 3.07. The molecule has 2 heterocycles. The largest absolute Gasteiger partial charge is 0.494 e. The second-order valence-electron chi connectivity index (χ2n) is 7.19. The van der Waals surface area contributed by atoms with Crippen LogP contribution in [-0.2, 0) is 25.7 Å². The predicted molar refractivity (Wildman–Crippen MR) is 121 cm³/mol. The van der Waals surface area contributed by atoms with Gasteiger partial charge in [0.05, 0.1) is 19.4 Å². The summed E-state index contributed by atoms with van der Waals surface area (Å²) in [5, 5.41) is 2.95. The fraction of sp³-hybridized carbons (Fsp3) is 0.167. The van der Waals surface area contributed by atoms with Gasteiger partial charge >= 0.3 is 12.0 Å². The highest BCUT2D eigenvalue weighted by Crippen LogP contribution is 2.28. The number of imide groups is 2. The van der Waals surface area contributed by atoms with Gasteiger partial charge in [-0.2, -0.15) is 0 Å². The van der Waals surface area contributed by atoms with Crippen LogP contribution < -0.4 is 15.0 Å². The number of fused-ring (bicyclic) bond motifs is 1. The van der Waals surface area contributed by atoms with Gasteiger partial charge in [0.15, 0.2) is 0 Å². The van der Waals surface area contributed by atoms with Gasteiger partial charge in [-0.1, -0.05) is 24.3 Å². The number of nitrogens with one attached hydrogen (secondary N) is 1. The molecule has 0 saturated carbocycles. The van der Waals surface area contributed by atoms with E-state index in [1.54, 1.807) is 35.0 Å². The number of esters is 1. The maximum Gasteiger partial charge on any atom is 0.335 e. The Morgan fingerprint density at radius 3 is 2.64 bits per heavy atom. The van der Waals surface area contributed by atoms with E-state index in [9.17, 15) is 19.2 Å². The molecule has 1 saturated heterocycles. The van der Waals surface area contributed by atoms with Crippen LogP contribution in [0.3, 0.4) is 0 Å². The van der Waals surface area contributed by atoms with Gasteiger partial charge in [0.25, 0.3) is 11.8 Å². The van der Waals surface area contributed by atoms with E-state index in [-0.39, 0.29) is 17.8 Å². The van der Waals surface area contributed by atoms with E-state index < -0.39 is 23.8 Å². The molecule has 4 rings (SSSR count). The Morgan fingerprint density at radius 1 is 1.09 bits per heavy atom. The number of amides is 4. The number of methoxy groups -OCH3 is 1. The number of rotatable bonds is 6. The Bertz CT molecular complexity index is 1310. The second kappa shape index (κ2) is 8.99. The van der Waals surface area contributed by atoms with Crippen LogP contribution in [0.25, 0.3) is 17.0 Å². The van der Waals surface area contributed by atoms with Gasteiger partial charge in [-0.15, -0.1) is 0 Å². The Kier molecular flexibility index (Phi) is 5.95. The number of urea groups is 1. The lowest BCUT2D eigenvalue weighted by atomic mass is 10.1. The van der Waals surface area contributed by atoms with Crippen molar-refractivity contribution in [3.63, 3.8) is 0 Å². The summed E-state index contributed by atoms with van der Waals surface area (Å²) in [4.78, 5) is 51.0. The van der Waals surface area contributed by atoms with Crippen molar-refractivity contribution in [2.75, 3.05) is 18.6 Å². The van der Waals surface area contributed by atoms with Crippen LogP contribution in [0.4, 0.5) is 10.5 Å². The van der Waals surface area contributed by atoms with E-state index in [0.29, 0.717) is 17.9 Å². The lowest BCUT2D eigenvalue weighted by Gasteiger charge is -2.26. The van der Waals surface area contributed by atoms with Crippen molar-refractivity contribution in [1.29, 1.82) is 0 Å². The highest BCUT2D eigenvalue weighted by molar-refractivity contribution is 6.39. The minimum atomic E-state index is -0.844. The molecule has 0 aliphatic carbocycles. The van der Waals surface area contributed by atoms with Crippen LogP contribution in [0.2, 0.25) is 0 Å². The van der Waals surface area contributed by atoms with E-state index in [4.69, 9.17) is 9.47 Å². The second-order valence-corrected chi connectivity index (χ2v) is 7.19. The van der Waals surface area contributed by atoms with Crippen LogP contribution in [0, 0.1) is 0 Å². The van der Waals surface area contributed by atoms with Crippen LogP contribution in [-0.4, -0.2) is 42.1 Å². The molecule has 1 N–H and O–H groups in total. The minimum Gasteiger partial charge on any atom is -0.494 e. The molecule has 0 bridgehead atoms. The third-order valence-corrected chi connectivity index (χ3v) is 5.13. The monoisotopic (exact) mass is 447 g/mol. The fourth-order valence-corrected chi connectivity index (χ4v) is 3.65. The Labute approximate surface area is 189 Å². The van der Waals surface area contributed by atoms with Gasteiger partial charge in [0.1, 0.15) is 17.9 Å². The average Bonchev–Trinajstić information content (AvgIpc) is 3.14. The van der Waals surface area contributed by atoms with Crippen molar-refractivity contribution in [1.82, 2.24) is 9.88 Å². The highest BCUT2D eigenvalue weighted by Gasteiger charge is 2.37. The molecule has 0 atom stereocenters. The molecule has 9 heteroatoms. The van der Waals surface area contributed by atoms with Crippen molar-refractivity contribution in [2.45, 2.75) is 13.5 Å². The number of anilines is 1. The molecule has 168 valence electrons. The third kappa shape index (κ3) is 4.20. The highest BCUT2D eigenvalue weighted by atomic mass is 16.5. The number of hydrogen-bond donors (Lipinski definition) is 1. The number of benzene rings is 2. The summed E-state index contributed by atoms with van der Waals surface area (Å²) in [5.74, 6) is -1.51. The van der Waals surface area contributed by atoms with Gasteiger partial charge in [0.2, 0.25) is 0 Å². The SMILES string of the molecule is CCOc1cccc(N2C(=O)NC(=O)C(=Cc3cn(CC(=O)OC)c4ccccc34)C2=O)c1. The van der Waals surface area contributed by atoms with Gasteiger partial charge in [-0.05, 0) is 31.2 Å². The molecule has 0 spiro atoms. The summed E-state index contributed by atoms with van der Waals surface area (Å²) in [6, 6.07) is 12.9. The van der Waals surface area contributed by atoms with Crippen molar-refractivity contribution < 1.29 is 28.7 Å². The van der Waals surface area contributed by atoms with Crippen molar-refractivity contribution in [3.8, 4) is 5.75 Å². The van der Waals surface area contributed by atoms with Crippen molar-refractivity contribution in [2.24, 2.45) is 0 Å². The molecule has 1 fully saturated rings. The minimum absolute atomic E-state index is 0.0326. The number of carbonyl (C=O) groups is 4. The number of carbonyl (C=O) groups excluding carboxylic acids is 4. The lowest BCUT2D eigenvalue weighted by molar-refractivity contribution is -0.141. The van der Waals surface area contributed by atoms with Gasteiger partial charge < -0.3 is 14.0 Å². The molecule has 2 aromatic carbocycles. The maximum absolute atomic E-state index is 13.2. The zero-order valence-electron chi connectivity index (χ0n) is 18.0. The van der Waals surface area contributed by atoms with Crippen LogP contribution >= 0.6 is 0 Å². The standard InChI is InChI=1S/C24H21N3O6/c1-3-33-17-8-6-7-16(12-17)27-23(30)19(22(29)25-24(27)31)11-15-13-26(14-21(28)32-2)20-10-5-4-9-18(15)20/h4-13H,3,14H2,1-2H3,(H,25,29,31). The molecule has 1 aliphatic rings. The average molecular weight is 447 g/mol. The molecule has 33 heavy (non-hydrogen) atoms. The lowest BCUT2D eigenvalue weighted by Crippen LogP contribution is -2.54. The fourth-order valence-electron chi connectivity index (χ4n) is 3.65. The first kappa shape index (κ1) is 21.8. The van der Waals surface area contributed by atoms with Gasteiger partial charge in [0, 0.05) is 28.7 Å². The Hall–Kier alpha value is -4.40. The third-order valence-electron chi connectivity index (χ3n) is 5.13. The number of hydrogen-bond acceptors (Lipinski definition) is 6. The Morgan fingerprint density at radius 2 is 1.88 bits per heavy atom. The van der Waals surface area contributed by atoms with Crippen LogP contribution in [0.15, 0.2) is 60.3 Å². The topological polar surface area (TPSA) is 107 Å².